The molecular formula is C18H17ClN4O4S. The molecule has 0 saturated carbocycles. The summed E-state index contributed by atoms with van der Waals surface area (Å²) in [4.78, 5) is 16.4. The SMILES string of the molecule is NS(=O)(=O)c1cc(C(=O)NCc2cccnc2)c(NCc2ccco2)cc1Cl. The van der Waals surface area contributed by atoms with Crippen molar-refractivity contribution in [2.75, 3.05) is 5.32 Å². The molecule has 146 valence electrons. The number of amides is 1. The van der Waals surface area contributed by atoms with Gasteiger partial charge in [-0.3, -0.25) is 9.78 Å². The van der Waals surface area contributed by atoms with Crippen LogP contribution in [0.5, 0.6) is 0 Å². The van der Waals surface area contributed by atoms with Crippen LogP contribution < -0.4 is 15.8 Å². The molecule has 0 spiro atoms. The minimum atomic E-state index is -4.10. The molecule has 0 saturated heterocycles. The average Bonchev–Trinajstić information content (AvgIpc) is 3.18. The highest BCUT2D eigenvalue weighted by molar-refractivity contribution is 7.89. The maximum absolute atomic E-state index is 12.7. The van der Waals surface area contributed by atoms with Crippen LogP contribution in [0.15, 0.2) is 64.4 Å². The largest absolute Gasteiger partial charge is 0.467 e. The fraction of sp³-hybridized carbons (Fsp3) is 0.111. The minimum absolute atomic E-state index is 0.0869. The Morgan fingerprint density at radius 1 is 1.21 bits per heavy atom. The van der Waals surface area contributed by atoms with E-state index in [2.05, 4.69) is 15.6 Å². The smallest absolute Gasteiger partial charge is 0.253 e. The molecule has 4 N–H and O–H groups in total. The summed E-state index contributed by atoms with van der Waals surface area (Å²) in [7, 11) is -4.10. The number of nitrogens with two attached hydrogens (primary N) is 1. The molecule has 10 heteroatoms. The molecule has 3 rings (SSSR count). The quantitative estimate of drug-likeness (QED) is 0.539. The summed E-state index contributed by atoms with van der Waals surface area (Å²) < 4.78 is 28.8. The van der Waals surface area contributed by atoms with Crippen molar-refractivity contribution in [1.82, 2.24) is 10.3 Å². The van der Waals surface area contributed by atoms with Crippen molar-refractivity contribution in [3.63, 3.8) is 0 Å². The molecule has 0 aliphatic carbocycles. The van der Waals surface area contributed by atoms with Gasteiger partial charge < -0.3 is 15.1 Å². The van der Waals surface area contributed by atoms with E-state index in [0.717, 1.165) is 11.6 Å². The van der Waals surface area contributed by atoms with Crippen LogP contribution in [0.2, 0.25) is 5.02 Å². The van der Waals surface area contributed by atoms with Crippen LogP contribution in [-0.2, 0) is 23.1 Å². The van der Waals surface area contributed by atoms with Gasteiger partial charge in [0.25, 0.3) is 5.91 Å². The highest BCUT2D eigenvalue weighted by atomic mass is 35.5. The van der Waals surface area contributed by atoms with Crippen LogP contribution in [0, 0.1) is 0 Å². The lowest BCUT2D eigenvalue weighted by molar-refractivity contribution is 0.0951. The molecule has 0 aliphatic rings. The fourth-order valence-electron chi connectivity index (χ4n) is 2.48. The van der Waals surface area contributed by atoms with Crippen molar-refractivity contribution in [2.45, 2.75) is 18.0 Å². The lowest BCUT2D eigenvalue weighted by Gasteiger charge is -2.14. The van der Waals surface area contributed by atoms with Gasteiger partial charge in [-0.2, -0.15) is 0 Å². The lowest BCUT2D eigenvalue weighted by atomic mass is 10.1. The number of furan rings is 1. The van der Waals surface area contributed by atoms with Crippen LogP contribution in [0.4, 0.5) is 5.69 Å². The number of hydrogen-bond donors (Lipinski definition) is 3. The fourth-order valence-corrected chi connectivity index (χ4v) is 3.58. The minimum Gasteiger partial charge on any atom is -0.467 e. The summed E-state index contributed by atoms with van der Waals surface area (Å²) in [5.41, 5.74) is 1.22. The van der Waals surface area contributed by atoms with Crippen LogP contribution >= 0.6 is 11.6 Å². The van der Waals surface area contributed by atoms with Crippen molar-refractivity contribution < 1.29 is 17.6 Å². The second-order valence-corrected chi connectivity index (χ2v) is 7.79. The monoisotopic (exact) mass is 420 g/mol. The lowest BCUT2D eigenvalue weighted by Crippen LogP contribution is -2.25. The summed E-state index contributed by atoms with van der Waals surface area (Å²) in [6, 6.07) is 9.55. The zero-order valence-electron chi connectivity index (χ0n) is 14.6. The zero-order valence-corrected chi connectivity index (χ0v) is 16.1. The van der Waals surface area contributed by atoms with E-state index >= 15 is 0 Å². The number of benzene rings is 1. The number of rotatable bonds is 7. The van der Waals surface area contributed by atoms with Gasteiger partial charge >= 0.3 is 0 Å². The number of nitrogens with one attached hydrogen (secondary N) is 2. The molecule has 1 aromatic carbocycles. The predicted octanol–water partition coefficient (Wildman–Crippen LogP) is 2.52. The Labute approximate surface area is 166 Å². The molecule has 8 nitrogen and oxygen atoms in total. The number of carbonyl (C=O) groups excluding carboxylic acids is 1. The van der Waals surface area contributed by atoms with Crippen LogP contribution in [-0.4, -0.2) is 19.3 Å². The van der Waals surface area contributed by atoms with E-state index in [4.69, 9.17) is 21.2 Å². The zero-order chi connectivity index (χ0) is 20.1. The van der Waals surface area contributed by atoms with E-state index in [1.165, 1.54) is 12.3 Å². The van der Waals surface area contributed by atoms with Crippen molar-refractivity contribution in [3.05, 3.63) is 77.0 Å². The van der Waals surface area contributed by atoms with Crippen LogP contribution in [0.25, 0.3) is 0 Å². The van der Waals surface area contributed by atoms with Gasteiger partial charge in [-0.15, -0.1) is 0 Å². The number of anilines is 1. The second-order valence-electron chi connectivity index (χ2n) is 5.85. The maximum atomic E-state index is 12.7. The second kappa shape index (κ2) is 8.42. The van der Waals surface area contributed by atoms with Gasteiger partial charge in [-0.1, -0.05) is 17.7 Å². The van der Waals surface area contributed by atoms with Gasteiger partial charge in [0.05, 0.1) is 23.4 Å². The molecule has 0 atom stereocenters. The van der Waals surface area contributed by atoms with Crippen molar-refractivity contribution in [1.29, 1.82) is 0 Å². The first-order valence-corrected chi connectivity index (χ1v) is 10.1. The average molecular weight is 421 g/mol. The number of primary sulfonamides is 1. The van der Waals surface area contributed by atoms with E-state index in [9.17, 15) is 13.2 Å². The van der Waals surface area contributed by atoms with Gasteiger partial charge in [0, 0.05) is 24.6 Å². The molecule has 2 heterocycles. The topological polar surface area (TPSA) is 127 Å². The Balaban J connectivity index is 1.89. The van der Waals surface area contributed by atoms with Crippen LogP contribution in [0.1, 0.15) is 21.7 Å². The summed E-state index contributed by atoms with van der Waals surface area (Å²) >= 11 is 6.06. The Hall–Kier alpha value is -2.88. The summed E-state index contributed by atoms with van der Waals surface area (Å²) in [5.74, 6) is 0.140. The van der Waals surface area contributed by atoms with E-state index in [0.29, 0.717) is 11.4 Å². The summed E-state index contributed by atoms with van der Waals surface area (Å²) in [6.45, 7) is 0.499. The number of sulfonamides is 1. The first-order valence-electron chi connectivity index (χ1n) is 8.14. The molecule has 2 aromatic heterocycles. The number of pyridine rings is 1. The standard InChI is InChI=1S/C18H17ClN4O4S/c19-15-8-16(22-11-13-4-2-6-27-13)14(7-17(15)28(20,25)26)18(24)23-10-12-3-1-5-21-9-12/h1-9,22H,10-11H2,(H,23,24)(H2,20,25,26). The maximum Gasteiger partial charge on any atom is 0.253 e. The Bertz CT molecular complexity index is 1070. The van der Waals surface area contributed by atoms with E-state index < -0.39 is 15.9 Å². The third kappa shape index (κ3) is 4.89. The van der Waals surface area contributed by atoms with Crippen LogP contribution in [0.3, 0.4) is 0 Å². The van der Waals surface area contributed by atoms with Crippen molar-refractivity contribution in [3.8, 4) is 0 Å². The molecule has 0 fully saturated rings. The predicted molar refractivity (Wildman–Crippen MR) is 104 cm³/mol. The summed E-state index contributed by atoms with van der Waals surface area (Å²) in [5, 5.41) is 10.9. The van der Waals surface area contributed by atoms with Crippen molar-refractivity contribution >= 4 is 33.2 Å². The van der Waals surface area contributed by atoms with Gasteiger partial charge in [-0.25, -0.2) is 13.6 Å². The van der Waals surface area contributed by atoms with Crippen molar-refractivity contribution in [2.24, 2.45) is 5.14 Å². The molecule has 0 bridgehead atoms. The molecule has 0 radical (unpaired) electrons. The van der Waals surface area contributed by atoms with Gasteiger partial charge in [0.15, 0.2) is 0 Å². The highest BCUT2D eigenvalue weighted by Crippen LogP contribution is 2.29. The molecule has 3 aromatic rings. The highest BCUT2D eigenvalue weighted by Gasteiger charge is 2.20. The molecule has 28 heavy (non-hydrogen) atoms. The van der Waals surface area contributed by atoms with E-state index in [1.54, 1.807) is 36.7 Å². The Morgan fingerprint density at radius 2 is 2.04 bits per heavy atom. The van der Waals surface area contributed by atoms with Gasteiger partial charge in [0.2, 0.25) is 10.0 Å². The Morgan fingerprint density at radius 3 is 2.68 bits per heavy atom. The molecule has 0 aliphatic heterocycles. The number of aromatic nitrogens is 1. The number of halogens is 1. The van der Waals surface area contributed by atoms with Gasteiger partial charge in [-0.05, 0) is 35.9 Å². The number of hydrogen-bond acceptors (Lipinski definition) is 6. The first kappa shape index (κ1) is 19.9. The first-order chi connectivity index (χ1) is 13.3. The third-order valence-electron chi connectivity index (χ3n) is 3.83. The Kier molecular flexibility index (Phi) is 5.98. The molecular weight excluding hydrogens is 404 g/mol. The van der Waals surface area contributed by atoms with E-state index in [-0.39, 0.29) is 28.6 Å². The third-order valence-corrected chi connectivity index (χ3v) is 5.21. The van der Waals surface area contributed by atoms with Gasteiger partial charge in [0.1, 0.15) is 10.7 Å². The summed E-state index contributed by atoms with van der Waals surface area (Å²) in [6.07, 6.45) is 4.77. The molecule has 0 unspecified atom stereocenters. The van der Waals surface area contributed by atoms with E-state index in [1.807, 2.05) is 0 Å². The normalized spacial score (nSPS) is 11.2. The number of carbonyl (C=O) groups is 1. The molecule has 1 amide bonds. The number of nitrogens with zero attached hydrogens (tertiary/aromatic N) is 1.